The summed E-state index contributed by atoms with van der Waals surface area (Å²) < 4.78 is 11.0. The zero-order valence-electron chi connectivity index (χ0n) is 10.1. The summed E-state index contributed by atoms with van der Waals surface area (Å²) >= 11 is 0. The molecule has 0 aliphatic carbocycles. The van der Waals surface area contributed by atoms with Crippen LogP contribution in [0.5, 0.6) is 0 Å². The van der Waals surface area contributed by atoms with E-state index in [0.29, 0.717) is 13.2 Å². The molecule has 1 fully saturated rings. The standard InChI is InChI=1S/C12H22N2O2/c1-2-6-14-11(9-13)5-8-15-10-12-4-3-7-16-12/h11-12,14H,2-8,10H2,1H3. The SMILES string of the molecule is CCCNC(C#N)CCOCC1CCCO1. The number of rotatable bonds is 8. The average Bonchev–Trinajstić information content (AvgIpc) is 2.81. The van der Waals surface area contributed by atoms with Crippen molar-refractivity contribution < 1.29 is 9.47 Å². The van der Waals surface area contributed by atoms with Crippen LogP contribution in [0.1, 0.15) is 32.6 Å². The number of hydrogen-bond donors (Lipinski definition) is 1. The molecule has 1 rings (SSSR count). The van der Waals surface area contributed by atoms with E-state index in [2.05, 4.69) is 18.3 Å². The molecular formula is C12H22N2O2. The highest BCUT2D eigenvalue weighted by atomic mass is 16.5. The maximum atomic E-state index is 8.87. The molecule has 0 bridgehead atoms. The first-order valence-corrected chi connectivity index (χ1v) is 6.19. The van der Waals surface area contributed by atoms with Crippen molar-refractivity contribution >= 4 is 0 Å². The van der Waals surface area contributed by atoms with Crippen LogP contribution in [-0.2, 0) is 9.47 Å². The number of hydrogen-bond acceptors (Lipinski definition) is 4. The molecule has 0 saturated carbocycles. The molecule has 0 aromatic carbocycles. The van der Waals surface area contributed by atoms with Gasteiger partial charge >= 0.3 is 0 Å². The smallest absolute Gasteiger partial charge is 0.0975 e. The van der Waals surface area contributed by atoms with Crippen molar-refractivity contribution in [1.29, 1.82) is 5.26 Å². The Morgan fingerprint density at radius 1 is 1.62 bits per heavy atom. The average molecular weight is 226 g/mol. The van der Waals surface area contributed by atoms with E-state index >= 15 is 0 Å². The minimum atomic E-state index is -0.0792. The van der Waals surface area contributed by atoms with E-state index in [1.54, 1.807) is 0 Å². The number of nitrogens with one attached hydrogen (secondary N) is 1. The molecular weight excluding hydrogens is 204 g/mol. The van der Waals surface area contributed by atoms with Crippen LogP contribution in [0.4, 0.5) is 0 Å². The lowest BCUT2D eigenvalue weighted by atomic mass is 10.2. The summed E-state index contributed by atoms with van der Waals surface area (Å²) in [6.07, 6.45) is 4.34. The highest BCUT2D eigenvalue weighted by Gasteiger charge is 2.15. The van der Waals surface area contributed by atoms with Gasteiger partial charge in [0.15, 0.2) is 0 Å². The molecule has 0 radical (unpaired) electrons. The molecule has 2 unspecified atom stereocenters. The van der Waals surface area contributed by atoms with E-state index in [-0.39, 0.29) is 12.1 Å². The minimum Gasteiger partial charge on any atom is -0.379 e. The zero-order valence-corrected chi connectivity index (χ0v) is 10.1. The van der Waals surface area contributed by atoms with E-state index in [4.69, 9.17) is 14.7 Å². The molecule has 0 spiro atoms. The highest BCUT2D eigenvalue weighted by Crippen LogP contribution is 2.11. The predicted molar refractivity (Wildman–Crippen MR) is 62.1 cm³/mol. The van der Waals surface area contributed by atoms with Crippen LogP contribution in [0.15, 0.2) is 0 Å². The van der Waals surface area contributed by atoms with Gasteiger partial charge in [0.2, 0.25) is 0 Å². The summed E-state index contributed by atoms with van der Waals surface area (Å²) in [5.74, 6) is 0. The van der Waals surface area contributed by atoms with Crippen LogP contribution >= 0.6 is 0 Å². The van der Waals surface area contributed by atoms with Gasteiger partial charge in [0.05, 0.1) is 24.8 Å². The normalized spacial score (nSPS) is 21.9. The molecule has 1 N–H and O–H groups in total. The largest absolute Gasteiger partial charge is 0.379 e. The van der Waals surface area contributed by atoms with Crippen molar-refractivity contribution in [3.8, 4) is 6.07 Å². The molecule has 4 heteroatoms. The van der Waals surface area contributed by atoms with Crippen LogP contribution in [0, 0.1) is 11.3 Å². The molecule has 2 atom stereocenters. The van der Waals surface area contributed by atoms with Crippen LogP contribution in [0.3, 0.4) is 0 Å². The van der Waals surface area contributed by atoms with Crippen molar-refractivity contribution in [2.24, 2.45) is 0 Å². The lowest BCUT2D eigenvalue weighted by Gasteiger charge is -2.13. The fourth-order valence-electron chi connectivity index (χ4n) is 1.72. The fraction of sp³-hybridized carbons (Fsp3) is 0.917. The molecule has 1 aliphatic heterocycles. The Hall–Kier alpha value is -0.630. The summed E-state index contributed by atoms with van der Waals surface area (Å²) in [5, 5.41) is 12.0. The molecule has 0 amide bonds. The maximum Gasteiger partial charge on any atom is 0.0975 e. The molecule has 16 heavy (non-hydrogen) atoms. The quantitative estimate of drug-likeness (QED) is 0.637. The Balaban J connectivity index is 1.97. The van der Waals surface area contributed by atoms with Gasteiger partial charge in [-0.25, -0.2) is 0 Å². The van der Waals surface area contributed by atoms with Crippen molar-refractivity contribution in [3.63, 3.8) is 0 Å². The van der Waals surface area contributed by atoms with E-state index in [9.17, 15) is 0 Å². The lowest BCUT2D eigenvalue weighted by Crippen LogP contribution is -2.29. The molecule has 92 valence electrons. The Morgan fingerprint density at radius 2 is 2.50 bits per heavy atom. The number of nitrogens with zero attached hydrogens (tertiary/aromatic N) is 1. The fourth-order valence-corrected chi connectivity index (χ4v) is 1.72. The molecule has 1 aliphatic rings. The van der Waals surface area contributed by atoms with Gasteiger partial charge in [-0.05, 0) is 32.2 Å². The van der Waals surface area contributed by atoms with Gasteiger partial charge in [-0.2, -0.15) is 5.26 Å². The van der Waals surface area contributed by atoms with Crippen molar-refractivity contribution in [3.05, 3.63) is 0 Å². The Labute approximate surface area is 97.9 Å². The molecule has 0 aromatic rings. The Morgan fingerprint density at radius 3 is 3.12 bits per heavy atom. The van der Waals surface area contributed by atoms with E-state index in [1.165, 1.54) is 0 Å². The first-order chi connectivity index (χ1) is 7.86. The summed E-state index contributed by atoms with van der Waals surface area (Å²) in [6, 6.07) is 2.16. The molecule has 1 heterocycles. The summed E-state index contributed by atoms with van der Waals surface area (Å²) in [6.45, 7) is 5.16. The van der Waals surface area contributed by atoms with Crippen molar-refractivity contribution in [2.45, 2.75) is 44.8 Å². The second-order valence-electron chi connectivity index (χ2n) is 4.13. The first kappa shape index (κ1) is 13.4. The van der Waals surface area contributed by atoms with Gasteiger partial charge in [-0.1, -0.05) is 6.92 Å². The van der Waals surface area contributed by atoms with Gasteiger partial charge in [0, 0.05) is 13.2 Å². The Bertz CT molecular complexity index is 210. The van der Waals surface area contributed by atoms with Gasteiger partial charge < -0.3 is 14.8 Å². The Kier molecular flexibility index (Phi) is 7.15. The van der Waals surface area contributed by atoms with Crippen LogP contribution in [0.2, 0.25) is 0 Å². The third-order valence-electron chi connectivity index (χ3n) is 2.68. The van der Waals surface area contributed by atoms with Gasteiger partial charge in [0.1, 0.15) is 0 Å². The van der Waals surface area contributed by atoms with E-state index in [0.717, 1.165) is 38.8 Å². The highest BCUT2D eigenvalue weighted by molar-refractivity contribution is 4.89. The second-order valence-corrected chi connectivity index (χ2v) is 4.13. The van der Waals surface area contributed by atoms with Crippen LogP contribution < -0.4 is 5.32 Å². The minimum absolute atomic E-state index is 0.0792. The first-order valence-electron chi connectivity index (χ1n) is 6.19. The third kappa shape index (κ3) is 5.45. The monoisotopic (exact) mass is 226 g/mol. The van der Waals surface area contributed by atoms with Crippen molar-refractivity contribution in [2.75, 3.05) is 26.4 Å². The zero-order chi connectivity index (χ0) is 11.6. The lowest BCUT2D eigenvalue weighted by molar-refractivity contribution is 0.0156. The van der Waals surface area contributed by atoms with Crippen molar-refractivity contribution in [1.82, 2.24) is 5.32 Å². The topological polar surface area (TPSA) is 54.3 Å². The van der Waals surface area contributed by atoms with E-state index < -0.39 is 0 Å². The predicted octanol–water partition coefficient (Wildman–Crippen LogP) is 1.46. The molecule has 0 aromatic heterocycles. The number of ether oxygens (including phenoxy) is 2. The maximum absolute atomic E-state index is 8.87. The molecule has 1 saturated heterocycles. The third-order valence-corrected chi connectivity index (χ3v) is 2.68. The second kappa shape index (κ2) is 8.51. The van der Waals surface area contributed by atoms with Crippen LogP contribution in [-0.4, -0.2) is 38.5 Å². The van der Waals surface area contributed by atoms with E-state index in [1.807, 2.05) is 0 Å². The van der Waals surface area contributed by atoms with Crippen LogP contribution in [0.25, 0.3) is 0 Å². The number of nitriles is 1. The summed E-state index contributed by atoms with van der Waals surface area (Å²) in [4.78, 5) is 0. The van der Waals surface area contributed by atoms with Gasteiger partial charge in [-0.3, -0.25) is 0 Å². The molecule has 4 nitrogen and oxygen atoms in total. The van der Waals surface area contributed by atoms with Gasteiger partial charge in [0.25, 0.3) is 0 Å². The van der Waals surface area contributed by atoms with Gasteiger partial charge in [-0.15, -0.1) is 0 Å². The summed E-state index contributed by atoms with van der Waals surface area (Å²) in [5.41, 5.74) is 0. The summed E-state index contributed by atoms with van der Waals surface area (Å²) in [7, 11) is 0.